The zero-order valence-electron chi connectivity index (χ0n) is 19.3. The average Bonchev–Trinajstić information content (AvgIpc) is 2.81. The Morgan fingerprint density at radius 1 is 1.23 bits per heavy atom. The highest BCUT2D eigenvalue weighted by Gasteiger charge is 2.42. The lowest BCUT2D eigenvalue weighted by Crippen LogP contribution is -2.47. The van der Waals surface area contributed by atoms with Crippen LogP contribution >= 0.6 is 11.6 Å². The third kappa shape index (κ3) is 6.21. The van der Waals surface area contributed by atoms with Gasteiger partial charge in [-0.25, -0.2) is 9.79 Å². The van der Waals surface area contributed by atoms with Crippen LogP contribution in [-0.2, 0) is 16.0 Å². The number of carboxylic acids is 1. The lowest BCUT2D eigenvalue weighted by Gasteiger charge is -2.38. The third-order valence-electron chi connectivity index (χ3n) is 5.89. The maximum absolute atomic E-state index is 12.8. The van der Waals surface area contributed by atoms with Gasteiger partial charge in [-0.3, -0.25) is 19.7 Å². The highest BCUT2D eigenvalue weighted by atomic mass is 35.5. The molecular formula is C24H25ClN4O6. The number of rotatable bonds is 9. The number of benzene rings is 2. The fourth-order valence-electron chi connectivity index (χ4n) is 4.07. The van der Waals surface area contributed by atoms with Crippen LogP contribution in [0.3, 0.4) is 0 Å². The van der Waals surface area contributed by atoms with Gasteiger partial charge in [-0.2, -0.15) is 0 Å². The summed E-state index contributed by atoms with van der Waals surface area (Å²) in [7, 11) is 1.65. The minimum absolute atomic E-state index is 0.116. The second kappa shape index (κ2) is 11.1. The number of non-ortho nitro benzene ring substituents is 1. The van der Waals surface area contributed by atoms with Crippen molar-refractivity contribution in [1.82, 2.24) is 9.80 Å². The van der Waals surface area contributed by atoms with Gasteiger partial charge in [-0.15, -0.1) is 0 Å². The van der Waals surface area contributed by atoms with E-state index < -0.39 is 28.9 Å². The first-order valence-corrected chi connectivity index (χ1v) is 11.3. The van der Waals surface area contributed by atoms with Crippen molar-refractivity contribution in [3.05, 3.63) is 74.8 Å². The number of halogens is 1. The maximum atomic E-state index is 12.8. The molecular weight excluding hydrogens is 476 g/mol. The van der Waals surface area contributed by atoms with E-state index in [1.165, 1.54) is 34.9 Å². The Kier molecular flexibility index (Phi) is 8.18. The quantitative estimate of drug-likeness (QED) is 0.409. The number of nitro groups is 1. The van der Waals surface area contributed by atoms with Crippen LogP contribution in [0.15, 0.2) is 53.5 Å². The van der Waals surface area contributed by atoms with E-state index in [1.54, 1.807) is 37.4 Å². The molecule has 0 saturated heterocycles. The third-order valence-corrected chi connectivity index (χ3v) is 6.15. The van der Waals surface area contributed by atoms with E-state index in [2.05, 4.69) is 4.99 Å². The van der Waals surface area contributed by atoms with Crippen molar-refractivity contribution in [2.24, 2.45) is 10.9 Å². The van der Waals surface area contributed by atoms with Gasteiger partial charge in [0.15, 0.2) is 0 Å². The van der Waals surface area contributed by atoms with Crippen LogP contribution in [0.2, 0.25) is 5.02 Å². The number of aliphatic imine (C=N–C) groups is 1. The van der Waals surface area contributed by atoms with Crippen LogP contribution in [0.5, 0.6) is 0 Å². The molecule has 2 atom stereocenters. The molecule has 0 bridgehead atoms. The molecule has 0 spiro atoms. The zero-order chi connectivity index (χ0) is 25.7. The van der Waals surface area contributed by atoms with E-state index in [1.807, 2.05) is 0 Å². The van der Waals surface area contributed by atoms with Gasteiger partial charge in [-0.05, 0) is 36.6 Å². The van der Waals surface area contributed by atoms with Crippen LogP contribution in [0.1, 0.15) is 30.5 Å². The Hall–Kier alpha value is -3.79. The number of carboxylic acid groups (broad SMARTS) is 1. The molecule has 0 fully saturated rings. The van der Waals surface area contributed by atoms with Gasteiger partial charge in [0.05, 0.1) is 17.4 Å². The highest BCUT2D eigenvalue weighted by Crippen LogP contribution is 2.35. The first-order chi connectivity index (χ1) is 16.6. The smallest absolute Gasteiger partial charge is 0.344 e. The molecule has 35 heavy (non-hydrogen) atoms. The normalized spacial score (nSPS) is 17.6. The Morgan fingerprint density at radius 3 is 2.54 bits per heavy atom. The van der Waals surface area contributed by atoms with Crippen molar-refractivity contribution in [1.29, 1.82) is 0 Å². The summed E-state index contributed by atoms with van der Waals surface area (Å²) >= 11 is 5.88. The predicted octanol–water partition coefficient (Wildman–Crippen LogP) is 3.98. The molecule has 1 aliphatic rings. The Labute approximate surface area is 207 Å². The van der Waals surface area contributed by atoms with Gasteiger partial charge in [0.1, 0.15) is 5.92 Å². The minimum Gasteiger partial charge on any atom is -0.481 e. The number of carbonyl (C=O) groups is 3. The molecule has 0 aliphatic carbocycles. The van der Waals surface area contributed by atoms with E-state index in [0.717, 1.165) is 5.56 Å². The van der Waals surface area contributed by atoms with E-state index in [0.29, 0.717) is 23.6 Å². The Morgan fingerprint density at radius 2 is 1.91 bits per heavy atom. The number of hydrogen-bond donors (Lipinski definition) is 1. The van der Waals surface area contributed by atoms with E-state index in [4.69, 9.17) is 11.6 Å². The fourth-order valence-corrected chi connectivity index (χ4v) is 4.20. The lowest BCUT2D eigenvalue weighted by atomic mass is 9.86. The monoisotopic (exact) mass is 500 g/mol. The molecule has 1 N–H and O–H groups in total. The molecule has 10 nitrogen and oxygen atoms in total. The minimum atomic E-state index is -1.18. The van der Waals surface area contributed by atoms with E-state index in [9.17, 15) is 29.6 Å². The largest absolute Gasteiger partial charge is 0.481 e. The maximum Gasteiger partial charge on any atom is 0.344 e. The van der Waals surface area contributed by atoms with Gasteiger partial charge >= 0.3 is 12.0 Å². The number of hydrogen-bond acceptors (Lipinski definition) is 5. The summed E-state index contributed by atoms with van der Waals surface area (Å²) in [4.78, 5) is 54.8. The number of nitro benzene ring substituents is 1. The molecule has 2 aromatic rings. The van der Waals surface area contributed by atoms with Crippen LogP contribution in [-0.4, -0.2) is 63.6 Å². The standard InChI is InChI=1S/C24H25ClN4O6/c1-15-21(23(31)32)22(17-5-3-6-19(14-17)29(34)35)28(24(33)26-15)12-4-11-27(2)20(30)13-16-7-9-18(25)10-8-16/h3,5-10,14,21-22H,4,11-13H2,1-2H3,(H,31,32). The van der Waals surface area contributed by atoms with Gasteiger partial charge in [0.25, 0.3) is 5.69 Å². The van der Waals surface area contributed by atoms with Crippen molar-refractivity contribution in [3.63, 3.8) is 0 Å². The number of nitrogens with zero attached hydrogens (tertiary/aromatic N) is 4. The van der Waals surface area contributed by atoms with E-state index in [-0.39, 0.29) is 30.3 Å². The molecule has 1 aliphatic heterocycles. The number of aliphatic carboxylic acids is 1. The molecule has 11 heteroatoms. The molecule has 0 radical (unpaired) electrons. The van der Waals surface area contributed by atoms with Crippen molar-refractivity contribution in [2.45, 2.75) is 25.8 Å². The van der Waals surface area contributed by atoms with Gasteiger partial charge in [-0.1, -0.05) is 35.9 Å². The first kappa shape index (κ1) is 25.8. The molecule has 3 rings (SSSR count). The lowest BCUT2D eigenvalue weighted by molar-refractivity contribution is -0.385. The second-order valence-electron chi connectivity index (χ2n) is 8.31. The molecule has 184 valence electrons. The SMILES string of the molecule is CC1=NC(=O)N(CCCN(C)C(=O)Cc2ccc(Cl)cc2)C(c2cccc([N+](=O)[O-])c2)C1C(=O)O. The fraction of sp³-hybridized carbons (Fsp3) is 0.333. The summed E-state index contributed by atoms with van der Waals surface area (Å²) in [6, 6.07) is 11.0. The summed E-state index contributed by atoms with van der Waals surface area (Å²) in [5.41, 5.74) is 1.08. The summed E-state index contributed by atoms with van der Waals surface area (Å²) in [5, 5.41) is 21.7. The second-order valence-corrected chi connectivity index (χ2v) is 8.75. The number of amides is 3. The van der Waals surface area contributed by atoms with Crippen molar-refractivity contribution in [2.75, 3.05) is 20.1 Å². The summed E-state index contributed by atoms with van der Waals surface area (Å²) in [6.45, 7) is 1.89. The molecule has 0 aromatic heterocycles. The Bertz CT molecular complexity index is 1170. The van der Waals surface area contributed by atoms with Crippen LogP contribution in [0.25, 0.3) is 0 Å². The van der Waals surface area contributed by atoms with E-state index >= 15 is 0 Å². The summed E-state index contributed by atoms with van der Waals surface area (Å²) in [6.07, 6.45) is 0.554. The molecule has 2 aromatic carbocycles. The molecule has 3 amide bonds. The van der Waals surface area contributed by atoms with Crippen molar-refractivity contribution in [3.8, 4) is 0 Å². The Balaban J connectivity index is 1.75. The van der Waals surface area contributed by atoms with Crippen LogP contribution in [0, 0.1) is 16.0 Å². The van der Waals surface area contributed by atoms with Crippen LogP contribution in [0.4, 0.5) is 10.5 Å². The van der Waals surface area contributed by atoms with Crippen molar-refractivity contribution >= 4 is 40.9 Å². The van der Waals surface area contributed by atoms with Gasteiger partial charge in [0, 0.05) is 43.0 Å². The van der Waals surface area contributed by atoms with Gasteiger partial charge in [0.2, 0.25) is 5.91 Å². The summed E-state index contributed by atoms with van der Waals surface area (Å²) in [5.74, 6) is -2.46. The zero-order valence-corrected chi connectivity index (χ0v) is 20.0. The van der Waals surface area contributed by atoms with Crippen LogP contribution < -0.4 is 0 Å². The molecule has 0 saturated carbocycles. The molecule has 2 unspecified atom stereocenters. The average molecular weight is 501 g/mol. The number of likely N-dealkylation sites (N-methyl/N-ethyl adjacent to an activating group) is 1. The highest BCUT2D eigenvalue weighted by molar-refractivity contribution is 6.30. The number of urea groups is 1. The van der Waals surface area contributed by atoms with Crippen molar-refractivity contribution < 1.29 is 24.4 Å². The number of carbonyl (C=O) groups excluding carboxylic acids is 2. The van der Waals surface area contributed by atoms with Gasteiger partial charge < -0.3 is 14.9 Å². The summed E-state index contributed by atoms with van der Waals surface area (Å²) < 4.78 is 0. The topological polar surface area (TPSA) is 133 Å². The predicted molar refractivity (Wildman–Crippen MR) is 130 cm³/mol. The molecule has 1 heterocycles. The first-order valence-electron chi connectivity index (χ1n) is 10.9.